The highest BCUT2D eigenvalue weighted by molar-refractivity contribution is 5.92. The molecule has 6 nitrogen and oxygen atoms in total. The van der Waals surface area contributed by atoms with E-state index in [9.17, 15) is 23.5 Å². The van der Waals surface area contributed by atoms with Gasteiger partial charge in [-0.15, -0.1) is 0 Å². The third kappa shape index (κ3) is 4.98. The van der Waals surface area contributed by atoms with Crippen LogP contribution in [0.25, 0.3) is 16.5 Å². The number of fused-ring (bicyclic) bond motifs is 1. The smallest absolute Gasteiger partial charge is 0.387 e. The van der Waals surface area contributed by atoms with Crippen molar-refractivity contribution < 1.29 is 32.6 Å². The SMILES string of the molecule is C/C(=C\C(=O)OCc1cc(=O)oc2cc(O)ccc12)c1ccccc1OC(F)F. The van der Waals surface area contributed by atoms with Gasteiger partial charge in [-0.25, -0.2) is 9.59 Å². The number of aromatic hydroxyl groups is 1. The third-order valence-electron chi connectivity index (χ3n) is 4.05. The Morgan fingerprint density at radius 2 is 1.97 bits per heavy atom. The van der Waals surface area contributed by atoms with Crippen molar-refractivity contribution in [1.29, 1.82) is 0 Å². The molecule has 0 aliphatic carbocycles. The molecule has 0 aliphatic heterocycles. The molecule has 0 unspecified atom stereocenters. The van der Waals surface area contributed by atoms with E-state index < -0.39 is 18.2 Å². The van der Waals surface area contributed by atoms with E-state index in [0.29, 0.717) is 22.1 Å². The van der Waals surface area contributed by atoms with E-state index in [1.54, 1.807) is 19.1 Å². The van der Waals surface area contributed by atoms with Crippen molar-refractivity contribution in [3.63, 3.8) is 0 Å². The van der Waals surface area contributed by atoms with E-state index in [-0.39, 0.29) is 23.7 Å². The summed E-state index contributed by atoms with van der Waals surface area (Å²) in [4.78, 5) is 23.9. The van der Waals surface area contributed by atoms with Gasteiger partial charge in [0.1, 0.15) is 23.7 Å². The normalized spacial score (nSPS) is 11.7. The van der Waals surface area contributed by atoms with Gasteiger partial charge in [0.25, 0.3) is 0 Å². The first-order valence-corrected chi connectivity index (χ1v) is 8.48. The minimum atomic E-state index is -2.99. The molecule has 1 N–H and O–H groups in total. The fourth-order valence-electron chi connectivity index (χ4n) is 2.77. The summed E-state index contributed by atoms with van der Waals surface area (Å²) >= 11 is 0. The number of allylic oxidation sites excluding steroid dienone is 1. The number of rotatable bonds is 6. The lowest BCUT2D eigenvalue weighted by atomic mass is 10.1. The maximum atomic E-state index is 12.5. The molecule has 0 fully saturated rings. The van der Waals surface area contributed by atoms with Gasteiger partial charge in [-0.3, -0.25) is 0 Å². The predicted octanol–water partition coefficient (Wildman–Crippen LogP) is 4.25. The summed E-state index contributed by atoms with van der Waals surface area (Å²) in [5.74, 6) is -0.858. The summed E-state index contributed by atoms with van der Waals surface area (Å²) in [5, 5.41) is 10.0. The van der Waals surface area contributed by atoms with Crippen molar-refractivity contribution in [3.05, 3.63) is 76.2 Å². The molecule has 150 valence electrons. The number of para-hydroxylation sites is 1. The number of hydrogen-bond donors (Lipinski definition) is 1. The standard InChI is InChI=1S/C21H16F2O6/c1-12(15-4-2-3-5-17(15)29-21(22)23)8-19(25)27-11-13-9-20(26)28-18-10-14(24)6-7-16(13)18/h2-10,21,24H,11H2,1H3/b12-8+. The number of benzene rings is 2. The Morgan fingerprint density at radius 1 is 1.21 bits per heavy atom. The molecular formula is C21H16F2O6. The Morgan fingerprint density at radius 3 is 2.72 bits per heavy atom. The lowest BCUT2D eigenvalue weighted by Gasteiger charge is -2.11. The maximum absolute atomic E-state index is 12.5. The monoisotopic (exact) mass is 402 g/mol. The molecule has 0 radical (unpaired) electrons. The van der Waals surface area contributed by atoms with Gasteiger partial charge in [-0.2, -0.15) is 8.78 Å². The van der Waals surface area contributed by atoms with Crippen molar-refractivity contribution in [2.45, 2.75) is 20.1 Å². The first kappa shape index (κ1) is 20.1. The Kier molecular flexibility index (Phi) is 5.92. The van der Waals surface area contributed by atoms with Crippen LogP contribution in [0.2, 0.25) is 0 Å². The Balaban J connectivity index is 1.78. The second-order valence-corrected chi connectivity index (χ2v) is 6.08. The van der Waals surface area contributed by atoms with Gasteiger partial charge in [0.2, 0.25) is 0 Å². The van der Waals surface area contributed by atoms with Crippen molar-refractivity contribution >= 4 is 22.5 Å². The molecule has 0 saturated carbocycles. The molecule has 0 spiro atoms. The summed E-state index contributed by atoms with van der Waals surface area (Å²) in [5.41, 5.74) is 0.601. The molecule has 0 saturated heterocycles. The van der Waals surface area contributed by atoms with Gasteiger partial charge >= 0.3 is 18.2 Å². The van der Waals surface area contributed by atoms with E-state index in [1.165, 1.54) is 36.4 Å². The van der Waals surface area contributed by atoms with E-state index in [4.69, 9.17) is 9.15 Å². The van der Waals surface area contributed by atoms with Crippen LogP contribution in [0.3, 0.4) is 0 Å². The summed E-state index contributed by atoms with van der Waals surface area (Å²) < 4.78 is 39.7. The minimum Gasteiger partial charge on any atom is -0.508 e. The molecule has 1 heterocycles. The second-order valence-electron chi connectivity index (χ2n) is 6.08. The fourth-order valence-corrected chi connectivity index (χ4v) is 2.77. The number of phenolic OH excluding ortho intramolecular Hbond substituents is 1. The van der Waals surface area contributed by atoms with Crippen LogP contribution in [0, 0.1) is 0 Å². The number of carbonyl (C=O) groups is 1. The number of phenols is 1. The topological polar surface area (TPSA) is 86.0 Å². The number of hydrogen-bond acceptors (Lipinski definition) is 6. The second kappa shape index (κ2) is 8.55. The molecule has 3 rings (SSSR count). The maximum Gasteiger partial charge on any atom is 0.387 e. The number of esters is 1. The van der Waals surface area contributed by atoms with E-state index in [2.05, 4.69) is 4.74 Å². The Labute approximate surface area is 163 Å². The van der Waals surface area contributed by atoms with Gasteiger partial charge in [-0.05, 0) is 30.7 Å². The number of carbonyl (C=O) groups excluding carboxylic acids is 1. The molecule has 1 aromatic heterocycles. The quantitative estimate of drug-likeness (QED) is 0.377. The Bertz CT molecular complexity index is 1130. The van der Waals surface area contributed by atoms with Crippen LogP contribution in [0.4, 0.5) is 8.78 Å². The summed E-state index contributed by atoms with van der Waals surface area (Å²) in [6.45, 7) is -1.65. The van der Waals surface area contributed by atoms with Crippen LogP contribution in [-0.4, -0.2) is 17.7 Å². The predicted molar refractivity (Wildman–Crippen MR) is 101 cm³/mol. The average molecular weight is 402 g/mol. The van der Waals surface area contributed by atoms with E-state index in [1.807, 2.05) is 0 Å². The number of halogens is 2. The zero-order valence-electron chi connectivity index (χ0n) is 15.2. The van der Waals surface area contributed by atoms with Crippen molar-refractivity contribution in [1.82, 2.24) is 0 Å². The van der Waals surface area contributed by atoms with Crippen LogP contribution < -0.4 is 10.4 Å². The summed E-state index contributed by atoms with van der Waals surface area (Å²) in [7, 11) is 0. The molecule has 8 heteroatoms. The molecular weight excluding hydrogens is 386 g/mol. The molecule has 0 amide bonds. The molecule has 0 aliphatic rings. The van der Waals surface area contributed by atoms with E-state index >= 15 is 0 Å². The summed E-state index contributed by atoms with van der Waals surface area (Å²) in [6, 6.07) is 11.5. The van der Waals surface area contributed by atoms with Crippen LogP contribution in [-0.2, 0) is 16.1 Å². The lowest BCUT2D eigenvalue weighted by molar-refractivity contribution is -0.138. The lowest BCUT2D eigenvalue weighted by Crippen LogP contribution is -2.07. The first-order valence-electron chi connectivity index (χ1n) is 8.48. The van der Waals surface area contributed by atoms with Crippen LogP contribution in [0.1, 0.15) is 18.1 Å². The van der Waals surface area contributed by atoms with Crippen molar-refractivity contribution in [2.75, 3.05) is 0 Å². The molecule has 2 aromatic carbocycles. The van der Waals surface area contributed by atoms with Gasteiger partial charge < -0.3 is 19.0 Å². The highest BCUT2D eigenvalue weighted by atomic mass is 19.3. The average Bonchev–Trinajstić information content (AvgIpc) is 2.65. The van der Waals surface area contributed by atoms with Gasteiger partial charge in [-0.1, -0.05) is 18.2 Å². The van der Waals surface area contributed by atoms with Crippen molar-refractivity contribution in [3.8, 4) is 11.5 Å². The zero-order chi connectivity index (χ0) is 21.0. The van der Waals surface area contributed by atoms with Crippen molar-refractivity contribution in [2.24, 2.45) is 0 Å². The highest BCUT2D eigenvalue weighted by Gasteiger charge is 2.12. The fraction of sp³-hybridized carbons (Fsp3) is 0.143. The number of ether oxygens (including phenoxy) is 2. The molecule has 0 atom stereocenters. The number of alkyl halides is 2. The van der Waals surface area contributed by atoms with Gasteiger partial charge in [0.05, 0.1) is 0 Å². The molecule has 29 heavy (non-hydrogen) atoms. The van der Waals surface area contributed by atoms with Crippen LogP contribution in [0.5, 0.6) is 11.5 Å². The van der Waals surface area contributed by atoms with Gasteiger partial charge in [0, 0.05) is 34.7 Å². The zero-order valence-corrected chi connectivity index (χ0v) is 15.2. The molecule has 0 bridgehead atoms. The van der Waals surface area contributed by atoms with E-state index in [0.717, 1.165) is 6.08 Å². The summed E-state index contributed by atoms with van der Waals surface area (Å²) in [6.07, 6.45) is 1.15. The van der Waals surface area contributed by atoms with Crippen LogP contribution in [0.15, 0.2) is 63.8 Å². The minimum absolute atomic E-state index is 0.0597. The highest BCUT2D eigenvalue weighted by Crippen LogP contribution is 2.27. The van der Waals surface area contributed by atoms with Gasteiger partial charge in [0.15, 0.2) is 0 Å². The third-order valence-corrected chi connectivity index (χ3v) is 4.05. The van der Waals surface area contributed by atoms with Crippen LogP contribution >= 0.6 is 0 Å². The largest absolute Gasteiger partial charge is 0.508 e. The molecule has 3 aromatic rings. The first-order chi connectivity index (χ1) is 13.8. The Hall–Kier alpha value is -3.68.